The Morgan fingerprint density at radius 3 is 2.50 bits per heavy atom. The van der Waals surface area contributed by atoms with Crippen LogP contribution in [0.15, 0.2) is 24.3 Å². The van der Waals surface area contributed by atoms with Crippen molar-refractivity contribution in [2.24, 2.45) is 0 Å². The number of hydrogen-bond donors (Lipinski definition) is 1. The van der Waals surface area contributed by atoms with E-state index in [2.05, 4.69) is 0 Å². The van der Waals surface area contributed by atoms with Gasteiger partial charge in [0, 0.05) is 11.1 Å². The summed E-state index contributed by atoms with van der Waals surface area (Å²) in [5, 5.41) is 10.5. The average Bonchev–Trinajstić information content (AvgIpc) is 2.33. The molecule has 1 unspecified atom stereocenters. The van der Waals surface area contributed by atoms with Crippen molar-refractivity contribution in [3.05, 3.63) is 35.6 Å². The molecule has 0 aliphatic carbocycles. The number of likely N-dealkylation sites (tertiary alicyclic amines) is 1. The first-order valence-corrected chi connectivity index (χ1v) is 7.48. The van der Waals surface area contributed by atoms with Crippen molar-refractivity contribution in [1.82, 2.24) is 4.90 Å². The monoisotopic (exact) mass is 309 g/mol. The number of benzene rings is 1. The van der Waals surface area contributed by atoms with Crippen molar-refractivity contribution in [3.8, 4) is 0 Å². The zero-order valence-electron chi connectivity index (χ0n) is 13.8. The Morgan fingerprint density at radius 1 is 1.41 bits per heavy atom. The Bertz CT molecular complexity index is 565. The molecule has 1 fully saturated rings. The molecule has 2 rings (SSSR count). The number of carbonyl (C=O) groups is 1. The van der Waals surface area contributed by atoms with Gasteiger partial charge < -0.3 is 9.84 Å². The van der Waals surface area contributed by atoms with E-state index < -0.39 is 35.2 Å². The summed E-state index contributed by atoms with van der Waals surface area (Å²) >= 11 is 0. The minimum atomic E-state index is -1.07. The van der Waals surface area contributed by atoms with Crippen LogP contribution in [0.4, 0.5) is 9.18 Å². The fourth-order valence-electron chi connectivity index (χ4n) is 2.91. The van der Waals surface area contributed by atoms with Crippen LogP contribution in [-0.2, 0) is 4.74 Å². The summed E-state index contributed by atoms with van der Waals surface area (Å²) in [5.41, 5.74) is -0.827. The lowest BCUT2D eigenvalue weighted by molar-refractivity contribution is -0.105. The number of rotatable bonds is 2. The molecular formula is C17H24FNO3. The Balaban J connectivity index is 2.21. The number of carbonyl (C=O) groups excluding carboxylic acids is 1. The van der Waals surface area contributed by atoms with E-state index in [0.29, 0.717) is 6.42 Å². The molecule has 0 bridgehead atoms. The van der Waals surface area contributed by atoms with Crippen LogP contribution in [0.2, 0.25) is 0 Å². The summed E-state index contributed by atoms with van der Waals surface area (Å²) in [5.74, 6) is -0.469. The predicted octanol–water partition coefficient (Wildman–Crippen LogP) is 3.65. The van der Waals surface area contributed by atoms with Crippen LogP contribution in [0.25, 0.3) is 0 Å². The van der Waals surface area contributed by atoms with E-state index in [0.717, 1.165) is 0 Å². The number of aliphatic hydroxyl groups excluding tert-OH is 1. The zero-order chi connectivity index (χ0) is 16.7. The van der Waals surface area contributed by atoms with Crippen LogP contribution >= 0.6 is 0 Å². The van der Waals surface area contributed by atoms with Crippen LogP contribution in [0.1, 0.15) is 52.7 Å². The average molecular weight is 309 g/mol. The molecule has 0 spiro atoms. The van der Waals surface area contributed by atoms with Crippen molar-refractivity contribution >= 4 is 6.09 Å². The third-order valence-corrected chi connectivity index (χ3v) is 3.87. The van der Waals surface area contributed by atoms with Gasteiger partial charge in [-0.2, -0.15) is 0 Å². The van der Waals surface area contributed by atoms with Gasteiger partial charge in [0.1, 0.15) is 17.5 Å². The summed E-state index contributed by atoms with van der Waals surface area (Å²) in [6.07, 6.45) is -0.965. The minimum absolute atomic E-state index is 0.205. The van der Waals surface area contributed by atoms with Crippen molar-refractivity contribution in [2.45, 2.75) is 64.3 Å². The van der Waals surface area contributed by atoms with E-state index in [-0.39, 0.29) is 5.56 Å². The lowest BCUT2D eigenvalue weighted by Crippen LogP contribution is -2.67. The Morgan fingerprint density at radius 2 is 2.00 bits per heavy atom. The summed E-state index contributed by atoms with van der Waals surface area (Å²) < 4.78 is 19.3. The maximum absolute atomic E-state index is 13.9. The molecule has 122 valence electrons. The molecule has 4 nitrogen and oxygen atoms in total. The van der Waals surface area contributed by atoms with Gasteiger partial charge in [0.05, 0.1) is 6.04 Å². The molecule has 0 saturated carbocycles. The molecule has 1 heterocycles. The van der Waals surface area contributed by atoms with Crippen LogP contribution in [0.3, 0.4) is 0 Å². The number of aliphatic hydroxyl groups is 1. The van der Waals surface area contributed by atoms with Gasteiger partial charge in [0.25, 0.3) is 0 Å². The maximum Gasteiger partial charge on any atom is 0.411 e. The van der Waals surface area contributed by atoms with E-state index in [1.807, 2.05) is 13.8 Å². The molecule has 1 aliphatic heterocycles. The number of amides is 1. The van der Waals surface area contributed by atoms with Gasteiger partial charge in [-0.3, -0.25) is 4.90 Å². The highest BCUT2D eigenvalue weighted by atomic mass is 19.1. The fraction of sp³-hybridized carbons (Fsp3) is 0.588. The SMILES string of the molecule is CC(C)(C)OC(=O)N1[C@@H](C(O)c2ccccc2F)CC1(C)C. The van der Waals surface area contributed by atoms with Gasteiger partial charge >= 0.3 is 6.09 Å². The van der Waals surface area contributed by atoms with Gasteiger partial charge in [0.15, 0.2) is 0 Å². The first kappa shape index (κ1) is 16.7. The van der Waals surface area contributed by atoms with E-state index in [1.165, 1.54) is 11.0 Å². The van der Waals surface area contributed by atoms with Gasteiger partial charge in [-0.1, -0.05) is 18.2 Å². The lowest BCUT2D eigenvalue weighted by atomic mass is 9.77. The van der Waals surface area contributed by atoms with E-state index in [4.69, 9.17) is 4.74 Å². The molecule has 0 aromatic heterocycles. The number of hydrogen-bond acceptors (Lipinski definition) is 3. The highest BCUT2D eigenvalue weighted by molar-refractivity contribution is 5.71. The highest BCUT2D eigenvalue weighted by Crippen LogP contribution is 2.43. The van der Waals surface area contributed by atoms with Gasteiger partial charge in [-0.25, -0.2) is 9.18 Å². The van der Waals surface area contributed by atoms with Crippen LogP contribution in [0, 0.1) is 5.82 Å². The smallest absolute Gasteiger partial charge is 0.411 e. The highest BCUT2D eigenvalue weighted by Gasteiger charge is 2.52. The molecule has 2 atom stereocenters. The third kappa shape index (κ3) is 3.24. The molecule has 1 aromatic rings. The molecule has 1 aromatic carbocycles. The molecule has 1 saturated heterocycles. The van der Waals surface area contributed by atoms with Crippen molar-refractivity contribution in [3.63, 3.8) is 0 Å². The van der Waals surface area contributed by atoms with Gasteiger partial charge in [-0.05, 0) is 47.1 Å². The van der Waals surface area contributed by atoms with Gasteiger partial charge in [-0.15, -0.1) is 0 Å². The van der Waals surface area contributed by atoms with E-state index in [9.17, 15) is 14.3 Å². The van der Waals surface area contributed by atoms with Crippen LogP contribution in [-0.4, -0.2) is 33.3 Å². The number of ether oxygens (including phenoxy) is 1. The third-order valence-electron chi connectivity index (χ3n) is 3.87. The topological polar surface area (TPSA) is 49.8 Å². The minimum Gasteiger partial charge on any atom is -0.444 e. The Hall–Kier alpha value is -1.62. The molecule has 1 amide bonds. The summed E-state index contributed by atoms with van der Waals surface area (Å²) in [6.45, 7) is 9.18. The fourth-order valence-corrected chi connectivity index (χ4v) is 2.91. The zero-order valence-corrected chi connectivity index (χ0v) is 13.8. The van der Waals surface area contributed by atoms with Crippen molar-refractivity contribution in [1.29, 1.82) is 0 Å². The molecular weight excluding hydrogens is 285 g/mol. The summed E-state index contributed by atoms with van der Waals surface area (Å²) in [6, 6.07) is 5.60. The molecule has 1 N–H and O–H groups in total. The normalized spacial score (nSPS) is 22.0. The maximum atomic E-state index is 13.9. The Kier molecular flexibility index (Phi) is 4.22. The second-order valence-corrected chi connectivity index (χ2v) is 7.40. The van der Waals surface area contributed by atoms with Crippen LogP contribution < -0.4 is 0 Å². The van der Waals surface area contributed by atoms with E-state index >= 15 is 0 Å². The lowest BCUT2D eigenvalue weighted by Gasteiger charge is -2.56. The van der Waals surface area contributed by atoms with E-state index in [1.54, 1.807) is 39.0 Å². The first-order valence-electron chi connectivity index (χ1n) is 7.48. The molecule has 1 aliphatic rings. The second-order valence-electron chi connectivity index (χ2n) is 7.40. The standard InChI is InChI=1S/C17H24FNO3/c1-16(2,3)22-15(21)19-13(10-17(19,4)5)14(20)11-8-6-7-9-12(11)18/h6-9,13-14,20H,10H2,1-5H3/t13-,14?/m1/s1. The molecule has 0 radical (unpaired) electrons. The van der Waals surface area contributed by atoms with Crippen molar-refractivity contribution < 1.29 is 19.0 Å². The number of nitrogens with zero attached hydrogens (tertiary/aromatic N) is 1. The predicted molar refractivity (Wildman–Crippen MR) is 81.9 cm³/mol. The summed E-state index contributed by atoms with van der Waals surface area (Å²) in [4.78, 5) is 13.9. The molecule has 5 heteroatoms. The largest absolute Gasteiger partial charge is 0.444 e. The molecule has 22 heavy (non-hydrogen) atoms. The van der Waals surface area contributed by atoms with Crippen molar-refractivity contribution in [2.75, 3.05) is 0 Å². The second kappa shape index (κ2) is 5.54. The Labute approximate surface area is 130 Å². The quantitative estimate of drug-likeness (QED) is 0.907. The first-order chi connectivity index (χ1) is 10.0. The summed E-state index contributed by atoms with van der Waals surface area (Å²) in [7, 11) is 0. The van der Waals surface area contributed by atoms with Crippen LogP contribution in [0.5, 0.6) is 0 Å². The number of halogens is 1. The van der Waals surface area contributed by atoms with Gasteiger partial charge in [0.2, 0.25) is 0 Å².